The molecule has 0 saturated heterocycles. The molecule has 0 spiro atoms. The van der Waals surface area contributed by atoms with Crippen molar-refractivity contribution in [3.63, 3.8) is 0 Å². The van der Waals surface area contributed by atoms with E-state index >= 15 is 0 Å². The second-order valence-electron chi connectivity index (χ2n) is 8.07. The SMILES string of the molecule is Cc1ccc(C)c(N(CC(=O)Nc2ccccc2-c2ccccc2)S(=O)(=O)c2ccccc2)c1. The van der Waals surface area contributed by atoms with Crippen molar-refractivity contribution in [2.24, 2.45) is 0 Å². The zero-order valence-electron chi connectivity index (χ0n) is 19.1. The van der Waals surface area contributed by atoms with Crippen LogP contribution in [0.1, 0.15) is 11.1 Å². The van der Waals surface area contributed by atoms with Crippen LogP contribution in [0.5, 0.6) is 0 Å². The summed E-state index contributed by atoms with van der Waals surface area (Å²) in [6.45, 7) is 3.38. The molecule has 0 bridgehead atoms. The quantitative estimate of drug-likeness (QED) is 0.371. The molecule has 0 aliphatic carbocycles. The first-order valence-electron chi connectivity index (χ1n) is 11.0. The van der Waals surface area contributed by atoms with Crippen molar-refractivity contribution in [2.45, 2.75) is 18.7 Å². The Morgan fingerprint density at radius 2 is 1.41 bits per heavy atom. The lowest BCUT2D eigenvalue weighted by atomic mass is 10.0. The first-order valence-corrected chi connectivity index (χ1v) is 12.4. The third-order valence-electron chi connectivity index (χ3n) is 5.54. The molecule has 0 atom stereocenters. The minimum atomic E-state index is -3.97. The zero-order valence-corrected chi connectivity index (χ0v) is 19.9. The normalized spacial score (nSPS) is 11.1. The number of amides is 1. The van der Waals surface area contributed by atoms with Crippen LogP contribution in [0.2, 0.25) is 0 Å². The number of carbonyl (C=O) groups is 1. The van der Waals surface area contributed by atoms with Gasteiger partial charge in [0.15, 0.2) is 0 Å². The molecule has 0 aromatic heterocycles. The summed E-state index contributed by atoms with van der Waals surface area (Å²) in [5.41, 5.74) is 4.60. The van der Waals surface area contributed by atoms with E-state index in [1.165, 1.54) is 16.4 Å². The highest BCUT2D eigenvalue weighted by molar-refractivity contribution is 7.92. The van der Waals surface area contributed by atoms with E-state index in [4.69, 9.17) is 0 Å². The molecule has 0 saturated carbocycles. The lowest BCUT2D eigenvalue weighted by Gasteiger charge is -2.26. The monoisotopic (exact) mass is 470 g/mol. The van der Waals surface area contributed by atoms with Gasteiger partial charge in [0, 0.05) is 11.3 Å². The molecule has 0 aliphatic rings. The fraction of sp³-hybridized carbons (Fsp3) is 0.107. The molecular formula is C28H26N2O3S. The largest absolute Gasteiger partial charge is 0.324 e. The Hall–Kier alpha value is -3.90. The lowest BCUT2D eigenvalue weighted by molar-refractivity contribution is -0.114. The van der Waals surface area contributed by atoms with Gasteiger partial charge in [-0.3, -0.25) is 9.10 Å². The first kappa shape index (κ1) is 23.3. The van der Waals surface area contributed by atoms with Crippen LogP contribution in [0.25, 0.3) is 11.1 Å². The highest BCUT2D eigenvalue weighted by atomic mass is 32.2. The Labute approximate surface area is 200 Å². The van der Waals surface area contributed by atoms with Crippen molar-refractivity contribution in [2.75, 3.05) is 16.2 Å². The third-order valence-corrected chi connectivity index (χ3v) is 7.31. The van der Waals surface area contributed by atoms with Gasteiger partial charge in [0.05, 0.1) is 10.6 Å². The average molecular weight is 471 g/mol. The summed E-state index contributed by atoms with van der Waals surface area (Å²) in [4.78, 5) is 13.4. The number of nitrogens with zero attached hydrogens (tertiary/aromatic N) is 1. The van der Waals surface area contributed by atoms with Gasteiger partial charge < -0.3 is 5.32 Å². The van der Waals surface area contributed by atoms with E-state index in [1.54, 1.807) is 24.3 Å². The molecule has 34 heavy (non-hydrogen) atoms. The summed E-state index contributed by atoms with van der Waals surface area (Å²) in [5, 5.41) is 2.92. The molecule has 4 aromatic rings. The Kier molecular flexibility index (Phi) is 6.80. The minimum absolute atomic E-state index is 0.133. The van der Waals surface area contributed by atoms with Gasteiger partial charge in [0.25, 0.3) is 10.0 Å². The van der Waals surface area contributed by atoms with Crippen molar-refractivity contribution in [3.05, 3.63) is 114 Å². The minimum Gasteiger partial charge on any atom is -0.324 e. The Morgan fingerprint density at radius 1 is 0.794 bits per heavy atom. The van der Waals surface area contributed by atoms with E-state index in [0.29, 0.717) is 11.4 Å². The molecule has 0 radical (unpaired) electrons. The number of benzene rings is 4. The van der Waals surface area contributed by atoms with E-state index in [0.717, 1.165) is 22.3 Å². The van der Waals surface area contributed by atoms with Crippen LogP contribution in [0.3, 0.4) is 0 Å². The highest BCUT2D eigenvalue weighted by Crippen LogP contribution is 2.30. The third kappa shape index (κ3) is 5.02. The standard InChI is InChI=1S/C28H26N2O3S/c1-21-17-18-22(2)27(19-21)30(34(32,33)24-13-7-4-8-14-24)20-28(31)29-26-16-10-9-15-25(26)23-11-5-3-6-12-23/h3-19H,20H2,1-2H3,(H,29,31). The summed E-state index contributed by atoms with van der Waals surface area (Å²) in [7, 11) is -3.97. The van der Waals surface area contributed by atoms with Gasteiger partial charge in [-0.1, -0.05) is 78.9 Å². The van der Waals surface area contributed by atoms with Crippen LogP contribution >= 0.6 is 0 Å². The van der Waals surface area contributed by atoms with Crippen LogP contribution in [-0.2, 0) is 14.8 Å². The first-order chi connectivity index (χ1) is 16.4. The number of hydrogen-bond donors (Lipinski definition) is 1. The zero-order chi connectivity index (χ0) is 24.1. The number of rotatable bonds is 7. The van der Waals surface area contributed by atoms with Crippen LogP contribution in [0.15, 0.2) is 108 Å². The van der Waals surface area contributed by atoms with E-state index in [2.05, 4.69) is 5.32 Å². The molecular weight excluding hydrogens is 444 g/mol. The van der Waals surface area contributed by atoms with E-state index < -0.39 is 15.9 Å². The van der Waals surface area contributed by atoms with E-state index in [1.807, 2.05) is 80.6 Å². The van der Waals surface area contributed by atoms with Gasteiger partial charge in [-0.25, -0.2) is 8.42 Å². The predicted molar refractivity (Wildman–Crippen MR) is 137 cm³/mol. The van der Waals surface area contributed by atoms with E-state index in [9.17, 15) is 13.2 Å². The molecule has 6 heteroatoms. The number of para-hydroxylation sites is 1. The molecule has 1 amide bonds. The highest BCUT2D eigenvalue weighted by Gasteiger charge is 2.28. The molecule has 4 aromatic carbocycles. The number of sulfonamides is 1. The smallest absolute Gasteiger partial charge is 0.264 e. The van der Waals surface area contributed by atoms with Crippen LogP contribution in [-0.4, -0.2) is 20.9 Å². The van der Waals surface area contributed by atoms with Crippen molar-refractivity contribution < 1.29 is 13.2 Å². The second-order valence-corrected chi connectivity index (χ2v) is 9.94. The number of hydrogen-bond acceptors (Lipinski definition) is 3. The Morgan fingerprint density at radius 3 is 2.12 bits per heavy atom. The van der Waals surface area contributed by atoms with E-state index in [-0.39, 0.29) is 11.4 Å². The molecule has 172 valence electrons. The molecule has 0 unspecified atom stereocenters. The maximum Gasteiger partial charge on any atom is 0.264 e. The van der Waals surface area contributed by atoms with Crippen molar-refractivity contribution in [3.8, 4) is 11.1 Å². The van der Waals surface area contributed by atoms with Crippen LogP contribution in [0, 0.1) is 13.8 Å². The van der Waals surface area contributed by atoms with Gasteiger partial charge >= 0.3 is 0 Å². The maximum atomic E-state index is 13.6. The second kappa shape index (κ2) is 9.93. The Balaban J connectivity index is 1.70. The van der Waals surface area contributed by atoms with Gasteiger partial charge in [-0.15, -0.1) is 0 Å². The van der Waals surface area contributed by atoms with Crippen molar-refractivity contribution in [1.82, 2.24) is 0 Å². The van der Waals surface area contributed by atoms with Gasteiger partial charge in [0.2, 0.25) is 5.91 Å². The number of aryl methyl sites for hydroxylation is 2. The van der Waals surface area contributed by atoms with Crippen molar-refractivity contribution >= 4 is 27.3 Å². The fourth-order valence-electron chi connectivity index (χ4n) is 3.79. The molecule has 5 nitrogen and oxygen atoms in total. The number of anilines is 2. The molecule has 0 fully saturated rings. The maximum absolute atomic E-state index is 13.6. The van der Waals surface area contributed by atoms with Crippen LogP contribution < -0.4 is 9.62 Å². The molecule has 0 aliphatic heterocycles. The topological polar surface area (TPSA) is 66.5 Å². The number of carbonyl (C=O) groups excluding carboxylic acids is 1. The summed E-state index contributed by atoms with van der Waals surface area (Å²) in [5.74, 6) is -0.427. The Bertz CT molecular complexity index is 1400. The van der Waals surface area contributed by atoms with Crippen LogP contribution in [0.4, 0.5) is 11.4 Å². The summed E-state index contributed by atoms with van der Waals surface area (Å²) in [6, 6.07) is 31.0. The molecule has 1 N–H and O–H groups in total. The van der Waals surface area contributed by atoms with Gasteiger partial charge in [-0.05, 0) is 54.8 Å². The molecule has 4 rings (SSSR count). The van der Waals surface area contributed by atoms with Gasteiger partial charge in [-0.2, -0.15) is 0 Å². The summed E-state index contributed by atoms with van der Waals surface area (Å²) >= 11 is 0. The molecule has 0 heterocycles. The predicted octanol–water partition coefficient (Wildman–Crippen LogP) is 5.80. The lowest BCUT2D eigenvalue weighted by Crippen LogP contribution is -2.38. The average Bonchev–Trinajstić information content (AvgIpc) is 2.85. The van der Waals surface area contributed by atoms with Crippen molar-refractivity contribution in [1.29, 1.82) is 0 Å². The van der Waals surface area contributed by atoms with Gasteiger partial charge in [0.1, 0.15) is 6.54 Å². The fourth-order valence-corrected chi connectivity index (χ4v) is 5.29. The number of nitrogens with one attached hydrogen (secondary N) is 1. The summed E-state index contributed by atoms with van der Waals surface area (Å²) in [6.07, 6.45) is 0. The summed E-state index contributed by atoms with van der Waals surface area (Å²) < 4.78 is 28.4.